The van der Waals surface area contributed by atoms with Crippen molar-refractivity contribution in [2.24, 2.45) is 0 Å². The normalized spacial score (nSPS) is 10.9. The zero-order valence-corrected chi connectivity index (χ0v) is 17.1. The molecule has 0 bridgehead atoms. The number of anilines is 3. The van der Waals surface area contributed by atoms with Crippen LogP contribution in [0.15, 0.2) is 41.5 Å². The van der Waals surface area contributed by atoms with Crippen molar-refractivity contribution in [1.29, 1.82) is 0 Å². The predicted octanol–water partition coefficient (Wildman–Crippen LogP) is 2.80. The number of aromatic nitrogens is 3. The van der Waals surface area contributed by atoms with Crippen LogP contribution in [0.3, 0.4) is 0 Å². The van der Waals surface area contributed by atoms with E-state index in [-0.39, 0.29) is 24.1 Å². The molecule has 1 amide bonds. The summed E-state index contributed by atoms with van der Waals surface area (Å²) in [6.45, 7) is 8.27. The van der Waals surface area contributed by atoms with E-state index in [0.29, 0.717) is 29.4 Å². The van der Waals surface area contributed by atoms with Gasteiger partial charge in [-0.1, -0.05) is 0 Å². The van der Waals surface area contributed by atoms with Crippen molar-refractivity contribution in [3.05, 3.63) is 52.6 Å². The number of aryl methyl sites for hydroxylation is 1. The number of hydrogen-bond acceptors (Lipinski definition) is 6. The van der Waals surface area contributed by atoms with E-state index < -0.39 is 0 Å². The second-order valence-electron chi connectivity index (χ2n) is 7.17. The Morgan fingerprint density at radius 2 is 2.00 bits per heavy atom. The van der Waals surface area contributed by atoms with Crippen molar-refractivity contribution in [3.8, 4) is 0 Å². The quantitative estimate of drug-likeness (QED) is 0.570. The molecule has 152 valence electrons. The number of likely N-dealkylation sites (N-methyl/N-ethyl adjacent to an activating group) is 1. The van der Waals surface area contributed by atoms with Crippen LogP contribution in [0, 0.1) is 6.92 Å². The van der Waals surface area contributed by atoms with Gasteiger partial charge in [0.2, 0.25) is 5.91 Å². The lowest BCUT2D eigenvalue weighted by Crippen LogP contribution is -2.32. The van der Waals surface area contributed by atoms with Gasteiger partial charge in [0, 0.05) is 25.0 Å². The summed E-state index contributed by atoms with van der Waals surface area (Å²) < 4.78 is 1.40. The SMILES string of the molecule is CCNC(=O)Cn1ccc2cc(Nc3cc(C)ccn3)nc(NC(C)C)c2c1=O. The maximum absolute atomic E-state index is 13.1. The van der Waals surface area contributed by atoms with Crippen LogP contribution >= 0.6 is 0 Å². The van der Waals surface area contributed by atoms with Crippen LogP contribution < -0.4 is 21.5 Å². The Bertz CT molecular complexity index is 1090. The van der Waals surface area contributed by atoms with Crippen molar-refractivity contribution >= 4 is 34.1 Å². The van der Waals surface area contributed by atoms with Crippen LogP contribution in [-0.2, 0) is 11.3 Å². The first-order valence-electron chi connectivity index (χ1n) is 9.64. The molecule has 3 heterocycles. The highest BCUT2D eigenvalue weighted by Gasteiger charge is 2.14. The standard InChI is InChI=1S/C21H26N6O2/c1-5-22-18(28)12-27-9-7-15-11-17(25-16-10-14(4)6-8-23-16)26-20(24-13(2)3)19(15)21(27)29/h6-11,13H,5,12H2,1-4H3,(H,22,28)(H2,23,24,25,26). The molecular weight excluding hydrogens is 368 g/mol. The number of rotatable bonds is 7. The minimum absolute atomic E-state index is 0.0308. The number of carbonyl (C=O) groups is 1. The van der Waals surface area contributed by atoms with Gasteiger partial charge in [0.1, 0.15) is 24.0 Å². The molecule has 0 atom stereocenters. The van der Waals surface area contributed by atoms with E-state index in [9.17, 15) is 9.59 Å². The van der Waals surface area contributed by atoms with Crippen molar-refractivity contribution in [3.63, 3.8) is 0 Å². The summed E-state index contributed by atoms with van der Waals surface area (Å²) in [7, 11) is 0. The van der Waals surface area contributed by atoms with E-state index >= 15 is 0 Å². The summed E-state index contributed by atoms with van der Waals surface area (Å²) in [5.41, 5.74) is 0.821. The van der Waals surface area contributed by atoms with Gasteiger partial charge in [-0.05, 0) is 62.9 Å². The molecule has 0 aliphatic rings. The van der Waals surface area contributed by atoms with Crippen LogP contribution in [0.2, 0.25) is 0 Å². The maximum Gasteiger partial charge on any atom is 0.262 e. The molecule has 3 rings (SSSR count). The molecule has 0 saturated heterocycles. The molecule has 8 nitrogen and oxygen atoms in total. The predicted molar refractivity (Wildman–Crippen MR) is 116 cm³/mol. The van der Waals surface area contributed by atoms with Crippen LogP contribution in [-0.4, -0.2) is 33.0 Å². The van der Waals surface area contributed by atoms with E-state index in [1.165, 1.54) is 4.57 Å². The second-order valence-corrected chi connectivity index (χ2v) is 7.17. The third kappa shape index (κ3) is 4.90. The second kappa shape index (κ2) is 8.72. The first kappa shape index (κ1) is 20.3. The molecule has 0 saturated carbocycles. The topological polar surface area (TPSA) is 101 Å². The Labute approximate surface area is 169 Å². The largest absolute Gasteiger partial charge is 0.367 e. The van der Waals surface area contributed by atoms with Crippen LogP contribution in [0.4, 0.5) is 17.5 Å². The van der Waals surface area contributed by atoms with E-state index in [1.54, 1.807) is 12.4 Å². The van der Waals surface area contributed by atoms with Gasteiger partial charge in [0.05, 0.1) is 5.39 Å². The third-order valence-electron chi connectivity index (χ3n) is 4.24. The fraction of sp³-hybridized carbons (Fsp3) is 0.333. The molecule has 29 heavy (non-hydrogen) atoms. The summed E-state index contributed by atoms with van der Waals surface area (Å²) in [5, 5.41) is 10.3. The van der Waals surface area contributed by atoms with E-state index in [0.717, 1.165) is 10.9 Å². The van der Waals surface area contributed by atoms with Gasteiger partial charge in [0.25, 0.3) is 5.56 Å². The average Bonchev–Trinajstić information content (AvgIpc) is 2.63. The van der Waals surface area contributed by atoms with E-state index in [1.807, 2.05) is 52.0 Å². The number of nitrogens with one attached hydrogen (secondary N) is 3. The highest BCUT2D eigenvalue weighted by atomic mass is 16.2. The third-order valence-corrected chi connectivity index (χ3v) is 4.24. The molecule has 3 N–H and O–H groups in total. The van der Waals surface area contributed by atoms with Gasteiger partial charge >= 0.3 is 0 Å². The number of pyridine rings is 3. The summed E-state index contributed by atoms with van der Waals surface area (Å²) in [4.78, 5) is 33.9. The first-order valence-corrected chi connectivity index (χ1v) is 9.64. The summed E-state index contributed by atoms with van der Waals surface area (Å²) >= 11 is 0. The van der Waals surface area contributed by atoms with Gasteiger partial charge in [-0.2, -0.15) is 0 Å². The Morgan fingerprint density at radius 1 is 1.21 bits per heavy atom. The van der Waals surface area contributed by atoms with Crippen molar-refractivity contribution < 1.29 is 4.79 Å². The molecule has 3 aromatic heterocycles. The molecule has 0 aliphatic carbocycles. The smallest absolute Gasteiger partial charge is 0.262 e. The Kier molecular flexibility index (Phi) is 6.11. The molecule has 0 unspecified atom stereocenters. The van der Waals surface area contributed by atoms with Crippen LogP contribution in [0.1, 0.15) is 26.3 Å². The Morgan fingerprint density at radius 3 is 2.69 bits per heavy atom. The van der Waals surface area contributed by atoms with Gasteiger partial charge < -0.3 is 20.5 Å². The number of carbonyl (C=O) groups excluding carboxylic acids is 1. The highest BCUT2D eigenvalue weighted by Crippen LogP contribution is 2.24. The minimum Gasteiger partial charge on any atom is -0.367 e. The van der Waals surface area contributed by atoms with Gasteiger partial charge in [-0.3, -0.25) is 9.59 Å². The lowest BCUT2D eigenvalue weighted by Gasteiger charge is -2.15. The molecular formula is C21H26N6O2. The zero-order chi connectivity index (χ0) is 21.0. The van der Waals surface area contributed by atoms with Crippen molar-refractivity contribution in [2.75, 3.05) is 17.2 Å². The Hall–Kier alpha value is -3.42. The average molecular weight is 394 g/mol. The molecule has 0 spiro atoms. The highest BCUT2D eigenvalue weighted by molar-refractivity contribution is 5.93. The fourth-order valence-corrected chi connectivity index (χ4v) is 3.01. The number of amides is 1. The van der Waals surface area contributed by atoms with Crippen LogP contribution in [0.5, 0.6) is 0 Å². The van der Waals surface area contributed by atoms with Gasteiger partial charge in [-0.25, -0.2) is 9.97 Å². The van der Waals surface area contributed by atoms with E-state index in [4.69, 9.17) is 0 Å². The van der Waals surface area contributed by atoms with Crippen LogP contribution in [0.25, 0.3) is 10.8 Å². The maximum atomic E-state index is 13.1. The summed E-state index contributed by atoms with van der Waals surface area (Å²) in [6, 6.07) is 7.54. The lowest BCUT2D eigenvalue weighted by atomic mass is 10.2. The number of hydrogen-bond donors (Lipinski definition) is 3. The summed E-state index contributed by atoms with van der Waals surface area (Å²) in [6.07, 6.45) is 3.36. The molecule has 8 heteroatoms. The first-order chi connectivity index (χ1) is 13.9. The molecule has 0 aromatic carbocycles. The van der Waals surface area contributed by atoms with Gasteiger partial charge in [-0.15, -0.1) is 0 Å². The van der Waals surface area contributed by atoms with Gasteiger partial charge in [0.15, 0.2) is 0 Å². The fourth-order valence-electron chi connectivity index (χ4n) is 3.01. The zero-order valence-electron chi connectivity index (χ0n) is 17.1. The molecule has 0 fully saturated rings. The molecule has 3 aromatic rings. The Balaban J connectivity index is 2.06. The van der Waals surface area contributed by atoms with Crippen molar-refractivity contribution in [1.82, 2.24) is 19.9 Å². The molecule has 0 aliphatic heterocycles. The van der Waals surface area contributed by atoms with E-state index in [2.05, 4.69) is 25.9 Å². The molecule has 0 radical (unpaired) electrons. The summed E-state index contributed by atoms with van der Waals surface area (Å²) in [5.74, 6) is 1.53. The van der Waals surface area contributed by atoms with Crippen molar-refractivity contribution in [2.45, 2.75) is 40.3 Å². The minimum atomic E-state index is -0.260. The number of nitrogens with zero attached hydrogens (tertiary/aromatic N) is 3. The monoisotopic (exact) mass is 394 g/mol. The lowest BCUT2D eigenvalue weighted by molar-refractivity contribution is -0.121. The number of fused-ring (bicyclic) bond motifs is 1.